The highest BCUT2D eigenvalue weighted by Gasteiger charge is 2.13. The van der Waals surface area contributed by atoms with Gasteiger partial charge < -0.3 is 0 Å². The van der Waals surface area contributed by atoms with Crippen LogP contribution in [0, 0.1) is 10.1 Å². The van der Waals surface area contributed by atoms with Gasteiger partial charge in [-0.05, 0) is 18.4 Å². The number of hydrogen-bond acceptors (Lipinski definition) is 3. The summed E-state index contributed by atoms with van der Waals surface area (Å²) in [4.78, 5) is 10.00. The van der Waals surface area contributed by atoms with E-state index in [9.17, 15) is 14.3 Å². The molecular formula is C12H15NO3S. The van der Waals surface area contributed by atoms with Gasteiger partial charge in [-0.2, -0.15) is 0 Å². The van der Waals surface area contributed by atoms with Gasteiger partial charge in [0.05, 0.1) is 20.6 Å². The highest BCUT2D eigenvalue weighted by atomic mass is 32.2. The van der Waals surface area contributed by atoms with Crippen LogP contribution in [-0.2, 0) is 10.8 Å². The van der Waals surface area contributed by atoms with Crippen molar-refractivity contribution in [3.8, 4) is 0 Å². The number of hydrogen-bond donors (Lipinski definition) is 0. The van der Waals surface area contributed by atoms with Gasteiger partial charge in [0.15, 0.2) is 0 Å². The summed E-state index contributed by atoms with van der Waals surface area (Å²) in [5.41, 5.74) is 1.09. The lowest BCUT2D eigenvalue weighted by atomic mass is 10.0. The van der Waals surface area contributed by atoms with Crippen molar-refractivity contribution < 1.29 is 9.13 Å². The molecule has 0 aliphatic carbocycles. The minimum atomic E-state index is -1.30. The molecule has 17 heavy (non-hydrogen) atoms. The Balaban J connectivity index is 2.67. The summed E-state index contributed by atoms with van der Waals surface area (Å²) in [6.07, 6.45) is 0.813. The molecular weight excluding hydrogens is 238 g/mol. The first-order valence-electron chi connectivity index (χ1n) is 5.26. The van der Waals surface area contributed by atoms with Crippen molar-refractivity contribution in [1.82, 2.24) is 0 Å². The van der Waals surface area contributed by atoms with E-state index >= 15 is 0 Å². The zero-order valence-electron chi connectivity index (χ0n) is 9.83. The maximum atomic E-state index is 11.8. The Morgan fingerprint density at radius 2 is 2.06 bits per heavy atom. The Morgan fingerprint density at radius 1 is 1.47 bits per heavy atom. The van der Waals surface area contributed by atoms with E-state index in [0.717, 1.165) is 11.8 Å². The molecule has 4 nitrogen and oxygen atoms in total. The Morgan fingerprint density at radius 3 is 2.59 bits per heavy atom. The van der Waals surface area contributed by atoms with Crippen LogP contribution < -0.4 is 0 Å². The fraction of sp³-hybridized carbons (Fsp3) is 0.333. The summed E-state index contributed by atoms with van der Waals surface area (Å²) in [6, 6.07) is 9.71. The van der Waals surface area contributed by atoms with E-state index in [4.69, 9.17) is 0 Å². The average molecular weight is 253 g/mol. The zero-order chi connectivity index (χ0) is 12.8. The first kappa shape index (κ1) is 13.6. The maximum Gasteiger partial charge on any atom is 0.246 e. The molecule has 0 aromatic heterocycles. The van der Waals surface area contributed by atoms with Gasteiger partial charge in [-0.1, -0.05) is 37.3 Å². The Bertz CT molecular complexity index is 442. The normalized spacial score (nSPS) is 15.3. The second-order valence-electron chi connectivity index (χ2n) is 3.85. The van der Waals surface area contributed by atoms with Gasteiger partial charge in [0.25, 0.3) is 0 Å². The Hall–Kier alpha value is -1.49. The van der Waals surface area contributed by atoms with E-state index in [0.29, 0.717) is 10.7 Å². The quantitative estimate of drug-likeness (QED) is 0.598. The fourth-order valence-electron chi connectivity index (χ4n) is 1.44. The highest BCUT2D eigenvalue weighted by molar-refractivity contribution is 7.88. The molecule has 1 unspecified atom stereocenters. The van der Waals surface area contributed by atoms with Crippen LogP contribution in [0.4, 0.5) is 0 Å². The Labute approximate surface area is 103 Å². The fourth-order valence-corrected chi connectivity index (χ4v) is 2.56. The molecule has 0 radical (unpaired) electrons. The standard InChI is InChI=1S/C12H15NO3S/c1-10(12-6-4-3-5-7-12)9-17(16)11(2)8-13(14)15/h3-8,10H,9H2,1-2H3/b11-8-/t10-,17?/m1/s1. The first-order valence-corrected chi connectivity index (χ1v) is 6.58. The lowest BCUT2D eigenvalue weighted by molar-refractivity contribution is -0.402. The molecule has 0 N–H and O–H groups in total. The van der Waals surface area contributed by atoms with Crippen molar-refractivity contribution in [2.45, 2.75) is 19.8 Å². The monoisotopic (exact) mass is 253 g/mol. The SMILES string of the molecule is C/C(=C/[N+](=O)[O-])S(=O)C[C@@H](C)c1ccccc1. The van der Waals surface area contributed by atoms with Crippen LogP contribution in [0.3, 0.4) is 0 Å². The summed E-state index contributed by atoms with van der Waals surface area (Å²) in [5, 5.41) is 10.3. The number of benzene rings is 1. The molecule has 1 rings (SSSR count). The van der Waals surface area contributed by atoms with Crippen molar-refractivity contribution >= 4 is 10.8 Å². The van der Waals surface area contributed by atoms with Crippen molar-refractivity contribution in [2.24, 2.45) is 0 Å². The van der Waals surface area contributed by atoms with Crippen molar-refractivity contribution in [3.63, 3.8) is 0 Å². The average Bonchev–Trinajstić information content (AvgIpc) is 2.29. The predicted octanol–water partition coefficient (Wildman–Crippen LogP) is 2.68. The van der Waals surface area contributed by atoms with Gasteiger partial charge >= 0.3 is 0 Å². The molecule has 0 spiro atoms. The van der Waals surface area contributed by atoms with Gasteiger partial charge in [0, 0.05) is 5.75 Å². The topological polar surface area (TPSA) is 60.2 Å². The van der Waals surface area contributed by atoms with Crippen LogP contribution >= 0.6 is 0 Å². The van der Waals surface area contributed by atoms with Gasteiger partial charge in [0.2, 0.25) is 6.20 Å². The van der Waals surface area contributed by atoms with E-state index in [1.54, 1.807) is 0 Å². The summed E-state index contributed by atoms with van der Waals surface area (Å²) < 4.78 is 11.8. The molecule has 0 fully saturated rings. The molecule has 2 atom stereocenters. The van der Waals surface area contributed by atoms with Gasteiger partial charge in [-0.25, -0.2) is 0 Å². The molecule has 0 bridgehead atoms. The molecule has 92 valence electrons. The number of allylic oxidation sites excluding steroid dienone is 1. The molecule has 0 saturated carbocycles. The minimum Gasteiger partial charge on any atom is -0.259 e. The van der Waals surface area contributed by atoms with Crippen LogP contribution in [0.5, 0.6) is 0 Å². The molecule has 0 heterocycles. The van der Waals surface area contributed by atoms with Crippen molar-refractivity contribution in [3.05, 3.63) is 57.1 Å². The van der Waals surface area contributed by atoms with Crippen molar-refractivity contribution in [1.29, 1.82) is 0 Å². The lowest BCUT2D eigenvalue weighted by Gasteiger charge is -2.10. The third-order valence-corrected chi connectivity index (χ3v) is 4.04. The van der Waals surface area contributed by atoms with Crippen LogP contribution in [0.15, 0.2) is 41.4 Å². The summed E-state index contributed by atoms with van der Waals surface area (Å²) in [6.45, 7) is 3.49. The minimum absolute atomic E-state index is 0.118. The van der Waals surface area contributed by atoms with Gasteiger partial charge in [-0.15, -0.1) is 0 Å². The molecule has 1 aromatic carbocycles. The number of nitrogens with zero attached hydrogens (tertiary/aromatic N) is 1. The van der Waals surface area contributed by atoms with E-state index in [2.05, 4.69) is 0 Å². The van der Waals surface area contributed by atoms with Gasteiger partial charge in [0.1, 0.15) is 0 Å². The van der Waals surface area contributed by atoms with E-state index in [1.165, 1.54) is 6.92 Å². The third kappa shape index (κ3) is 4.48. The number of nitro groups is 1. The maximum absolute atomic E-state index is 11.8. The largest absolute Gasteiger partial charge is 0.259 e. The molecule has 0 saturated heterocycles. The van der Waals surface area contributed by atoms with Crippen LogP contribution in [0.1, 0.15) is 25.3 Å². The third-order valence-electron chi connectivity index (χ3n) is 2.42. The Kier molecular flexibility index (Phi) is 5.03. The number of rotatable bonds is 5. The van der Waals surface area contributed by atoms with E-state index in [-0.39, 0.29) is 5.92 Å². The van der Waals surface area contributed by atoms with E-state index in [1.807, 2.05) is 37.3 Å². The first-order chi connectivity index (χ1) is 8.00. The molecule has 0 amide bonds. The van der Waals surface area contributed by atoms with Crippen LogP contribution in [-0.4, -0.2) is 14.9 Å². The highest BCUT2D eigenvalue weighted by Crippen LogP contribution is 2.17. The summed E-state index contributed by atoms with van der Waals surface area (Å²) in [7, 11) is -1.30. The predicted molar refractivity (Wildman–Crippen MR) is 68.6 cm³/mol. The zero-order valence-corrected chi connectivity index (χ0v) is 10.6. The second-order valence-corrected chi connectivity index (χ2v) is 5.52. The molecule has 5 heteroatoms. The van der Waals surface area contributed by atoms with Gasteiger partial charge in [-0.3, -0.25) is 14.3 Å². The molecule has 0 aliphatic rings. The summed E-state index contributed by atoms with van der Waals surface area (Å²) >= 11 is 0. The van der Waals surface area contributed by atoms with E-state index < -0.39 is 15.7 Å². The van der Waals surface area contributed by atoms with Crippen LogP contribution in [0.25, 0.3) is 0 Å². The van der Waals surface area contributed by atoms with Crippen LogP contribution in [0.2, 0.25) is 0 Å². The summed E-state index contributed by atoms with van der Waals surface area (Å²) in [5.74, 6) is 0.521. The molecule has 0 aliphatic heterocycles. The second kappa shape index (κ2) is 6.30. The smallest absolute Gasteiger partial charge is 0.246 e. The molecule has 1 aromatic rings. The van der Waals surface area contributed by atoms with Crippen molar-refractivity contribution in [2.75, 3.05) is 5.75 Å². The lowest BCUT2D eigenvalue weighted by Crippen LogP contribution is -2.08.